The van der Waals surface area contributed by atoms with E-state index >= 15 is 0 Å². The van der Waals surface area contributed by atoms with Crippen LogP contribution in [0.2, 0.25) is 0 Å². The van der Waals surface area contributed by atoms with Crippen LogP contribution in [0.15, 0.2) is 48.5 Å². The van der Waals surface area contributed by atoms with E-state index in [9.17, 15) is 14.5 Å². The maximum absolute atomic E-state index is 13.3. The van der Waals surface area contributed by atoms with E-state index in [-0.39, 0.29) is 18.0 Å². The number of hydrogen-bond acceptors (Lipinski definition) is 4. The van der Waals surface area contributed by atoms with Gasteiger partial charge in [-0.3, -0.25) is 10.1 Å². The highest BCUT2D eigenvalue weighted by Crippen LogP contribution is 2.28. The second-order valence-corrected chi connectivity index (χ2v) is 5.66. The van der Waals surface area contributed by atoms with Crippen LogP contribution in [0, 0.1) is 29.8 Å². The number of ether oxygens (including phenoxy) is 1. The van der Waals surface area contributed by atoms with Gasteiger partial charge in [0.15, 0.2) is 5.75 Å². The molecule has 2 aromatic carbocycles. The molecule has 3 aromatic rings. The standard InChI is InChI=1S/C18H16FN3O3/c1-12-9-13(2)21(20-12)16-6-3-14(4-7-16)11-25-18-10-15(19)5-8-17(18)22(23)24/h3-10H,11H2,1-2H3. The SMILES string of the molecule is Cc1cc(C)n(-c2ccc(COc3cc(F)ccc3[N+](=O)[O-])cc2)n1. The van der Waals surface area contributed by atoms with E-state index in [1.807, 2.05) is 48.9 Å². The molecular weight excluding hydrogens is 325 g/mol. The summed E-state index contributed by atoms with van der Waals surface area (Å²) in [6, 6.07) is 12.6. The predicted octanol–water partition coefficient (Wildman–Crippen LogP) is 4.12. The molecule has 1 heterocycles. The molecular formula is C18H16FN3O3. The van der Waals surface area contributed by atoms with Gasteiger partial charge in [0.2, 0.25) is 0 Å². The molecule has 3 rings (SSSR count). The first kappa shape index (κ1) is 16.6. The van der Waals surface area contributed by atoms with Gasteiger partial charge in [0, 0.05) is 17.8 Å². The fourth-order valence-electron chi connectivity index (χ4n) is 2.54. The highest BCUT2D eigenvalue weighted by molar-refractivity contribution is 5.46. The molecule has 0 spiro atoms. The number of hydrogen-bond donors (Lipinski definition) is 0. The van der Waals surface area contributed by atoms with Crippen LogP contribution in [0.4, 0.5) is 10.1 Å². The van der Waals surface area contributed by atoms with Crippen molar-refractivity contribution in [2.75, 3.05) is 0 Å². The first-order valence-corrected chi connectivity index (χ1v) is 7.63. The zero-order valence-corrected chi connectivity index (χ0v) is 13.8. The maximum Gasteiger partial charge on any atom is 0.311 e. The van der Waals surface area contributed by atoms with Crippen molar-refractivity contribution >= 4 is 5.69 Å². The average molecular weight is 341 g/mol. The lowest BCUT2D eigenvalue weighted by Gasteiger charge is -2.09. The van der Waals surface area contributed by atoms with Gasteiger partial charge < -0.3 is 4.74 Å². The number of aromatic nitrogens is 2. The topological polar surface area (TPSA) is 70.2 Å². The summed E-state index contributed by atoms with van der Waals surface area (Å²) in [5.74, 6) is -0.673. The van der Waals surface area contributed by atoms with Gasteiger partial charge in [-0.1, -0.05) is 12.1 Å². The summed E-state index contributed by atoms with van der Waals surface area (Å²) in [7, 11) is 0. The van der Waals surface area contributed by atoms with E-state index in [1.54, 1.807) is 0 Å². The summed E-state index contributed by atoms with van der Waals surface area (Å²) < 4.78 is 20.6. The quantitative estimate of drug-likeness (QED) is 0.517. The minimum absolute atomic E-state index is 0.0902. The Labute approximate surface area is 143 Å². The Morgan fingerprint density at radius 1 is 1.16 bits per heavy atom. The molecule has 0 N–H and O–H groups in total. The van der Waals surface area contributed by atoms with Crippen LogP contribution in [0.25, 0.3) is 5.69 Å². The van der Waals surface area contributed by atoms with E-state index in [1.165, 1.54) is 0 Å². The molecule has 0 radical (unpaired) electrons. The lowest BCUT2D eigenvalue weighted by molar-refractivity contribution is -0.386. The first-order chi connectivity index (χ1) is 11.9. The van der Waals surface area contributed by atoms with Crippen molar-refractivity contribution in [2.45, 2.75) is 20.5 Å². The Balaban J connectivity index is 1.76. The number of benzene rings is 2. The zero-order valence-electron chi connectivity index (χ0n) is 13.8. The van der Waals surface area contributed by atoms with Crippen LogP contribution >= 0.6 is 0 Å². The lowest BCUT2D eigenvalue weighted by atomic mass is 10.2. The van der Waals surface area contributed by atoms with Crippen molar-refractivity contribution in [1.82, 2.24) is 9.78 Å². The molecule has 0 amide bonds. The second kappa shape index (κ2) is 6.72. The summed E-state index contributed by atoms with van der Waals surface area (Å²) >= 11 is 0. The van der Waals surface area contributed by atoms with E-state index < -0.39 is 10.7 Å². The molecule has 0 saturated heterocycles. The van der Waals surface area contributed by atoms with E-state index in [4.69, 9.17) is 4.74 Å². The first-order valence-electron chi connectivity index (χ1n) is 7.63. The summed E-state index contributed by atoms with van der Waals surface area (Å²) in [4.78, 5) is 10.4. The van der Waals surface area contributed by atoms with Crippen molar-refractivity contribution in [3.05, 3.63) is 81.4 Å². The van der Waals surface area contributed by atoms with Crippen LogP contribution in [-0.2, 0) is 6.61 Å². The largest absolute Gasteiger partial charge is 0.482 e. The van der Waals surface area contributed by atoms with E-state index in [0.717, 1.165) is 40.8 Å². The molecule has 6 nitrogen and oxygen atoms in total. The third-order valence-corrected chi connectivity index (χ3v) is 3.70. The van der Waals surface area contributed by atoms with Crippen molar-refractivity contribution in [3.63, 3.8) is 0 Å². The van der Waals surface area contributed by atoms with Crippen LogP contribution < -0.4 is 4.74 Å². The van der Waals surface area contributed by atoms with Gasteiger partial charge in [-0.15, -0.1) is 0 Å². The van der Waals surface area contributed by atoms with Crippen LogP contribution in [0.1, 0.15) is 17.0 Å². The van der Waals surface area contributed by atoms with Gasteiger partial charge in [-0.05, 0) is 43.7 Å². The normalized spacial score (nSPS) is 10.7. The van der Waals surface area contributed by atoms with Gasteiger partial charge in [0.05, 0.1) is 16.3 Å². The molecule has 25 heavy (non-hydrogen) atoms. The molecule has 0 bridgehead atoms. The van der Waals surface area contributed by atoms with Crippen LogP contribution in [0.5, 0.6) is 5.75 Å². The summed E-state index contributed by atoms with van der Waals surface area (Å²) in [5.41, 5.74) is 3.41. The van der Waals surface area contributed by atoms with Crippen molar-refractivity contribution in [2.24, 2.45) is 0 Å². The van der Waals surface area contributed by atoms with Crippen molar-refractivity contribution in [3.8, 4) is 11.4 Å². The number of nitro groups is 1. The number of aryl methyl sites for hydroxylation is 2. The zero-order chi connectivity index (χ0) is 18.0. The highest BCUT2D eigenvalue weighted by Gasteiger charge is 2.16. The molecule has 0 aliphatic heterocycles. The Bertz CT molecular complexity index is 920. The molecule has 1 aromatic heterocycles. The number of rotatable bonds is 5. The lowest BCUT2D eigenvalue weighted by Crippen LogP contribution is -2.01. The Morgan fingerprint density at radius 2 is 1.88 bits per heavy atom. The van der Waals surface area contributed by atoms with Gasteiger partial charge in [0.25, 0.3) is 0 Å². The minimum atomic E-state index is -0.597. The van der Waals surface area contributed by atoms with Gasteiger partial charge in [-0.2, -0.15) is 5.10 Å². The third kappa shape index (κ3) is 3.65. The number of halogens is 1. The van der Waals surface area contributed by atoms with Crippen molar-refractivity contribution < 1.29 is 14.1 Å². The molecule has 128 valence electrons. The predicted molar refractivity (Wildman–Crippen MR) is 90.4 cm³/mol. The number of nitrogens with zero attached hydrogens (tertiary/aromatic N) is 3. The summed E-state index contributed by atoms with van der Waals surface area (Å²) in [6.45, 7) is 4.00. The highest BCUT2D eigenvalue weighted by atomic mass is 19.1. The second-order valence-electron chi connectivity index (χ2n) is 5.66. The molecule has 0 aliphatic carbocycles. The molecule has 7 heteroatoms. The molecule has 0 unspecified atom stereocenters. The molecule has 0 fully saturated rings. The van der Waals surface area contributed by atoms with Crippen molar-refractivity contribution in [1.29, 1.82) is 0 Å². The fraction of sp³-hybridized carbons (Fsp3) is 0.167. The smallest absolute Gasteiger partial charge is 0.311 e. The molecule has 0 saturated carbocycles. The fourth-order valence-corrected chi connectivity index (χ4v) is 2.54. The van der Waals surface area contributed by atoms with Crippen LogP contribution in [0.3, 0.4) is 0 Å². The summed E-state index contributed by atoms with van der Waals surface area (Å²) in [6.07, 6.45) is 0. The molecule has 0 aliphatic rings. The maximum atomic E-state index is 13.3. The Hall–Kier alpha value is -3.22. The number of nitro benzene ring substituents is 1. The van der Waals surface area contributed by atoms with Crippen LogP contribution in [-0.4, -0.2) is 14.7 Å². The van der Waals surface area contributed by atoms with E-state index in [2.05, 4.69) is 5.10 Å². The van der Waals surface area contributed by atoms with Gasteiger partial charge in [-0.25, -0.2) is 9.07 Å². The van der Waals surface area contributed by atoms with Gasteiger partial charge >= 0.3 is 5.69 Å². The minimum Gasteiger partial charge on any atom is -0.482 e. The van der Waals surface area contributed by atoms with Gasteiger partial charge in [0.1, 0.15) is 12.4 Å². The third-order valence-electron chi connectivity index (χ3n) is 3.70. The Morgan fingerprint density at radius 3 is 2.48 bits per heavy atom. The average Bonchev–Trinajstić information content (AvgIpc) is 2.91. The molecule has 0 atom stereocenters. The Kier molecular flexibility index (Phi) is 4.47. The van der Waals surface area contributed by atoms with E-state index in [0.29, 0.717) is 0 Å². The summed E-state index contributed by atoms with van der Waals surface area (Å²) in [5, 5.41) is 15.4. The monoisotopic (exact) mass is 341 g/mol.